The number of hydrogen-bond acceptors (Lipinski definition) is 2. The van der Waals surface area contributed by atoms with E-state index in [2.05, 4.69) is 22.5 Å². The summed E-state index contributed by atoms with van der Waals surface area (Å²) in [5.74, 6) is 0.692. The molecule has 1 unspecified atom stereocenters. The molecule has 1 fully saturated rings. The number of carbonyl (C=O) groups is 1. The average molecular weight is 259 g/mol. The SMILES string of the molecule is CCCN=C1NC(=O)C(c2ccccc2)(C(C)C)N1. The molecule has 1 aromatic rings. The van der Waals surface area contributed by atoms with Gasteiger partial charge in [-0.1, -0.05) is 51.1 Å². The van der Waals surface area contributed by atoms with Crippen molar-refractivity contribution >= 4 is 11.9 Å². The predicted octanol–water partition coefficient (Wildman–Crippen LogP) is 2.02. The predicted molar refractivity (Wildman–Crippen MR) is 76.8 cm³/mol. The first-order chi connectivity index (χ1) is 9.11. The fourth-order valence-corrected chi connectivity index (χ4v) is 2.43. The van der Waals surface area contributed by atoms with E-state index < -0.39 is 5.54 Å². The molecule has 1 saturated heterocycles. The lowest BCUT2D eigenvalue weighted by Crippen LogP contribution is -2.48. The summed E-state index contributed by atoms with van der Waals surface area (Å²) in [5.41, 5.74) is 0.262. The van der Waals surface area contributed by atoms with Gasteiger partial charge in [0, 0.05) is 6.54 Å². The Labute approximate surface area is 114 Å². The maximum atomic E-state index is 12.5. The smallest absolute Gasteiger partial charge is 0.257 e. The van der Waals surface area contributed by atoms with Crippen LogP contribution in [-0.4, -0.2) is 18.4 Å². The Kier molecular flexibility index (Phi) is 3.88. The minimum absolute atomic E-state index is 0.0245. The molecule has 0 aliphatic carbocycles. The van der Waals surface area contributed by atoms with Crippen LogP contribution >= 0.6 is 0 Å². The molecule has 4 nitrogen and oxygen atoms in total. The van der Waals surface area contributed by atoms with Crippen LogP contribution in [0, 0.1) is 5.92 Å². The highest BCUT2D eigenvalue weighted by molar-refractivity contribution is 6.09. The van der Waals surface area contributed by atoms with Gasteiger partial charge in [0.25, 0.3) is 5.91 Å². The summed E-state index contributed by atoms with van der Waals surface area (Å²) in [5, 5.41) is 6.15. The zero-order valence-electron chi connectivity index (χ0n) is 11.7. The third-order valence-corrected chi connectivity index (χ3v) is 3.49. The standard InChI is InChI=1S/C15H21N3O/c1-4-10-16-14-17-13(19)15(18-14,11(2)3)12-8-6-5-7-9-12/h5-9,11H,4,10H2,1-3H3,(H2,16,17,18,19). The number of nitrogens with one attached hydrogen (secondary N) is 2. The monoisotopic (exact) mass is 259 g/mol. The van der Waals surface area contributed by atoms with Gasteiger partial charge in [0.2, 0.25) is 0 Å². The van der Waals surface area contributed by atoms with Crippen molar-refractivity contribution < 1.29 is 4.79 Å². The summed E-state index contributed by atoms with van der Waals surface area (Å²) in [6, 6.07) is 9.83. The highest BCUT2D eigenvalue weighted by atomic mass is 16.2. The molecule has 1 aromatic carbocycles. The number of hydrogen-bond donors (Lipinski definition) is 2. The molecule has 0 radical (unpaired) electrons. The number of carbonyl (C=O) groups excluding carboxylic acids is 1. The Morgan fingerprint density at radius 3 is 2.53 bits per heavy atom. The molecule has 102 valence electrons. The van der Waals surface area contributed by atoms with Crippen LogP contribution in [0.5, 0.6) is 0 Å². The van der Waals surface area contributed by atoms with Crippen LogP contribution in [-0.2, 0) is 10.3 Å². The molecular weight excluding hydrogens is 238 g/mol. The number of guanidine groups is 1. The van der Waals surface area contributed by atoms with E-state index in [0.29, 0.717) is 12.5 Å². The van der Waals surface area contributed by atoms with Gasteiger partial charge in [-0.2, -0.15) is 0 Å². The largest absolute Gasteiger partial charge is 0.338 e. The summed E-state index contributed by atoms with van der Waals surface area (Å²) in [7, 11) is 0. The third kappa shape index (κ3) is 2.35. The molecule has 1 atom stereocenters. The average Bonchev–Trinajstić information content (AvgIpc) is 2.75. The molecule has 2 rings (SSSR count). The Morgan fingerprint density at radius 1 is 1.26 bits per heavy atom. The number of aliphatic imine (C=N–C) groups is 1. The molecular formula is C15H21N3O. The molecule has 1 heterocycles. The second kappa shape index (κ2) is 5.43. The van der Waals surface area contributed by atoms with Gasteiger partial charge in [0.05, 0.1) is 0 Å². The summed E-state index contributed by atoms with van der Waals surface area (Å²) in [4.78, 5) is 16.8. The van der Waals surface area contributed by atoms with Crippen molar-refractivity contribution in [2.45, 2.75) is 32.7 Å². The topological polar surface area (TPSA) is 53.5 Å². The Hall–Kier alpha value is -1.84. The van der Waals surface area contributed by atoms with Gasteiger partial charge in [0.1, 0.15) is 5.54 Å². The lowest BCUT2D eigenvalue weighted by Gasteiger charge is -2.31. The first-order valence-corrected chi connectivity index (χ1v) is 6.81. The van der Waals surface area contributed by atoms with Crippen molar-refractivity contribution in [3.63, 3.8) is 0 Å². The minimum Gasteiger partial charge on any atom is -0.338 e. The lowest BCUT2D eigenvalue weighted by molar-refractivity contribution is -0.125. The van der Waals surface area contributed by atoms with E-state index in [1.165, 1.54) is 0 Å². The van der Waals surface area contributed by atoms with E-state index in [4.69, 9.17) is 0 Å². The molecule has 19 heavy (non-hydrogen) atoms. The van der Waals surface area contributed by atoms with Crippen molar-refractivity contribution in [3.05, 3.63) is 35.9 Å². The van der Waals surface area contributed by atoms with Gasteiger partial charge in [-0.05, 0) is 17.9 Å². The van der Waals surface area contributed by atoms with Gasteiger partial charge in [-0.3, -0.25) is 15.1 Å². The Balaban J connectivity index is 2.39. The van der Waals surface area contributed by atoms with Crippen LogP contribution in [0.1, 0.15) is 32.8 Å². The summed E-state index contributed by atoms with van der Waals surface area (Å²) in [6.07, 6.45) is 0.959. The number of benzene rings is 1. The molecule has 1 aliphatic rings. The number of nitrogens with zero attached hydrogens (tertiary/aromatic N) is 1. The summed E-state index contributed by atoms with van der Waals surface area (Å²) in [6.45, 7) is 6.87. The van der Waals surface area contributed by atoms with Gasteiger partial charge < -0.3 is 5.32 Å². The van der Waals surface area contributed by atoms with Gasteiger partial charge in [-0.25, -0.2) is 0 Å². The molecule has 0 spiro atoms. The Morgan fingerprint density at radius 2 is 1.95 bits per heavy atom. The summed E-state index contributed by atoms with van der Waals surface area (Å²) >= 11 is 0. The van der Waals surface area contributed by atoms with E-state index in [-0.39, 0.29) is 11.8 Å². The molecule has 0 aromatic heterocycles. The quantitative estimate of drug-likeness (QED) is 0.869. The molecule has 1 amide bonds. The zero-order valence-corrected chi connectivity index (χ0v) is 11.7. The first kappa shape index (κ1) is 13.6. The molecule has 0 bridgehead atoms. The van der Waals surface area contributed by atoms with Gasteiger partial charge >= 0.3 is 0 Å². The van der Waals surface area contributed by atoms with Crippen LogP contribution in [0.25, 0.3) is 0 Å². The van der Waals surface area contributed by atoms with Crippen molar-refractivity contribution in [2.24, 2.45) is 10.9 Å². The molecule has 4 heteroatoms. The fraction of sp³-hybridized carbons (Fsp3) is 0.467. The Bertz CT molecular complexity index is 481. The number of rotatable bonds is 4. The first-order valence-electron chi connectivity index (χ1n) is 6.81. The lowest BCUT2D eigenvalue weighted by atomic mass is 9.80. The van der Waals surface area contributed by atoms with Crippen LogP contribution in [0.3, 0.4) is 0 Å². The summed E-state index contributed by atoms with van der Waals surface area (Å²) < 4.78 is 0. The van der Waals surface area contributed by atoms with Crippen molar-refractivity contribution in [3.8, 4) is 0 Å². The van der Waals surface area contributed by atoms with Crippen molar-refractivity contribution in [2.75, 3.05) is 6.54 Å². The van der Waals surface area contributed by atoms with E-state index in [9.17, 15) is 4.79 Å². The van der Waals surface area contributed by atoms with Crippen LogP contribution in [0.2, 0.25) is 0 Å². The molecule has 2 N–H and O–H groups in total. The van der Waals surface area contributed by atoms with Gasteiger partial charge in [-0.15, -0.1) is 0 Å². The second-order valence-corrected chi connectivity index (χ2v) is 5.14. The van der Waals surface area contributed by atoms with Crippen molar-refractivity contribution in [1.82, 2.24) is 10.6 Å². The van der Waals surface area contributed by atoms with Gasteiger partial charge in [0.15, 0.2) is 5.96 Å². The van der Waals surface area contributed by atoms with E-state index in [0.717, 1.165) is 12.0 Å². The normalized spacial score (nSPS) is 24.6. The maximum absolute atomic E-state index is 12.5. The minimum atomic E-state index is -0.714. The van der Waals surface area contributed by atoms with E-state index in [1.807, 2.05) is 44.2 Å². The third-order valence-electron chi connectivity index (χ3n) is 3.49. The zero-order chi connectivity index (χ0) is 13.9. The van der Waals surface area contributed by atoms with Crippen LogP contribution in [0.4, 0.5) is 0 Å². The van der Waals surface area contributed by atoms with Crippen LogP contribution in [0.15, 0.2) is 35.3 Å². The van der Waals surface area contributed by atoms with Crippen molar-refractivity contribution in [1.29, 1.82) is 0 Å². The molecule has 0 saturated carbocycles. The van der Waals surface area contributed by atoms with E-state index in [1.54, 1.807) is 0 Å². The highest BCUT2D eigenvalue weighted by Crippen LogP contribution is 2.32. The molecule has 1 aliphatic heterocycles. The van der Waals surface area contributed by atoms with Crippen LogP contribution < -0.4 is 10.6 Å². The van der Waals surface area contributed by atoms with E-state index >= 15 is 0 Å². The highest BCUT2D eigenvalue weighted by Gasteiger charge is 2.48. The number of amides is 1. The second-order valence-electron chi connectivity index (χ2n) is 5.14. The fourth-order valence-electron chi connectivity index (χ4n) is 2.43. The maximum Gasteiger partial charge on any atom is 0.257 e.